The maximum Gasteiger partial charge on any atom is 0.420 e. The number of ether oxygens (including phenoxy) is 1. The summed E-state index contributed by atoms with van der Waals surface area (Å²) >= 11 is 4.22. The summed E-state index contributed by atoms with van der Waals surface area (Å²) in [6, 6.07) is 0.605. The third-order valence-electron chi connectivity index (χ3n) is 1.71. The number of halogens is 3. The van der Waals surface area contributed by atoms with Crippen LogP contribution in [-0.4, -0.2) is 23.3 Å². The number of thiocarbonyl (C=S) groups is 1. The molecule has 0 saturated carbocycles. The van der Waals surface area contributed by atoms with E-state index in [1.165, 1.54) is 7.05 Å². The van der Waals surface area contributed by atoms with Crippen LogP contribution >= 0.6 is 12.2 Å². The number of pyridine rings is 1. The Kier molecular flexibility index (Phi) is 4.35. The Bertz CT molecular complexity index is 512. The van der Waals surface area contributed by atoms with E-state index < -0.39 is 23.7 Å². The van der Waals surface area contributed by atoms with Crippen LogP contribution in [0.15, 0.2) is 17.3 Å². The van der Waals surface area contributed by atoms with Crippen molar-refractivity contribution in [2.75, 3.05) is 7.05 Å². The first-order valence-corrected chi connectivity index (χ1v) is 4.84. The summed E-state index contributed by atoms with van der Waals surface area (Å²) in [7, 11) is 1.27. The molecule has 0 saturated heterocycles. The van der Waals surface area contributed by atoms with Gasteiger partial charge in [0.15, 0.2) is 11.6 Å². The van der Waals surface area contributed by atoms with Gasteiger partial charge in [-0.3, -0.25) is 0 Å². The third kappa shape index (κ3) is 3.51. The average Bonchev–Trinajstić information content (AvgIpc) is 2.30. The molecular weight excluding hydrogens is 271 g/mol. The number of hydrogen-bond acceptors (Lipinski definition) is 5. The standard InChI is InChI=1S/C9H6F3N3O2S/c1-13-8(16)17-5-2-6(9(10,11)12)7(14-3-5)15-4-18/h2-3H,1H3,(H,13,16). The molecule has 5 nitrogen and oxygen atoms in total. The first-order chi connectivity index (χ1) is 8.38. The zero-order chi connectivity index (χ0) is 13.8. The van der Waals surface area contributed by atoms with Crippen molar-refractivity contribution >= 4 is 29.3 Å². The summed E-state index contributed by atoms with van der Waals surface area (Å²) in [5.41, 5.74) is -1.17. The summed E-state index contributed by atoms with van der Waals surface area (Å²) < 4.78 is 42.5. The fourth-order valence-electron chi connectivity index (χ4n) is 0.993. The first-order valence-electron chi connectivity index (χ1n) is 4.43. The van der Waals surface area contributed by atoms with Gasteiger partial charge in [-0.1, -0.05) is 0 Å². The van der Waals surface area contributed by atoms with Crippen molar-refractivity contribution in [2.45, 2.75) is 6.18 Å². The van der Waals surface area contributed by atoms with Crippen molar-refractivity contribution in [1.29, 1.82) is 0 Å². The van der Waals surface area contributed by atoms with Gasteiger partial charge in [-0.25, -0.2) is 9.78 Å². The number of aromatic nitrogens is 1. The van der Waals surface area contributed by atoms with Gasteiger partial charge in [0.05, 0.1) is 11.4 Å². The van der Waals surface area contributed by atoms with Crippen LogP contribution in [-0.2, 0) is 6.18 Å². The molecule has 0 aliphatic carbocycles. The molecule has 1 N–H and O–H groups in total. The minimum Gasteiger partial charge on any atom is -0.409 e. The van der Waals surface area contributed by atoms with Crippen molar-refractivity contribution < 1.29 is 22.7 Å². The van der Waals surface area contributed by atoms with E-state index in [1.807, 2.05) is 0 Å². The molecule has 96 valence electrons. The Morgan fingerprint density at radius 3 is 2.78 bits per heavy atom. The number of carbonyl (C=O) groups excluding carboxylic acids is 1. The number of amides is 1. The smallest absolute Gasteiger partial charge is 0.409 e. The predicted octanol–water partition coefficient (Wildman–Crippen LogP) is 2.55. The Hall–Kier alpha value is -1.99. The summed E-state index contributed by atoms with van der Waals surface area (Å²) in [6.45, 7) is 0. The number of nitrogens with zero attached hydrogens (tertiary/aromatic N) is 2. The maximum absolute atomic E-state index is 12.7. The minimum atomic E-state index is -4.69. The molecule has 0 aliphatic heterocycles. The van der Waals surface area contributed by atoms with Gasteiger partial charge in [0.2, 0.25) is 0 Å². The molecule has 0 aliphatic rings. The summed E-state index contributed by atoms with van der Waals surface area (Å²) in [4.78, 5) is 17.5. The number of hydrogen-bond donors (Lipinski definition) is 1. The van der Waals surface area contributed by atoms with Crippen LogP contribution in [0, 0.1) is 0 Å². The predicted molar refractivity (Wildman–Crippen MR) is 59.0 cm³/mol. The Balaban J connectivity index is 3.21. The van der Waals surface area contributed by atoms with Crippen LogP contribution in [0.1, 0.15) is 5.56 Å². The van der Waals surface area contributed by atoms with Crippen LogP contribution in [0.25, 0.3) is 0 Å². The van der Waals surface area contributed by atoms with Gasteiger partial charge in [-0.15, -0.1) is 0 Å². The lowest BCUT2D eigenvalue weighted by Gasteiger charge is -2.10. The number of rotatable bonds is 2. The van der Waals surface area contributed by atoms with Crippen LogP contribution in [0.3, 0.4) is 0 Å². The Morgan fingerprint density at radius 1 is 1.61 bits per heavy atom. The van der Waals surface area contributed by atoms with Gasteiger partial charge < -0.3 is 10.1 Å². The zero-order valence-corrected chi connectivity index (χ0v) is 9.72. The maximum atomic E-state index is 12.7. The van der Waals surface area contributed by atoms with E-state index in [1.54, 1.807) is 5.16 Å². The van der Waals surface area contributed by atoms with Crippen LogP contribution < -0.4 is 10.1 Å². The lowest BCUT2D eigenvalue weighted by atomic mass is 10.2. The van der Waals surface area contributed by atoms with Gasteiger partial charge in [0.25, 0.3) is 0 Å². The highest BCUT2D eigenvalue weighted by atomic mass is 32.1. The van der Waals surface area contributed by atoms with Gasteiger partial charge in [0, 0.05) is 7.05 Å². The molecule has 1 heterocycles. The van der Waals surface area contributed by atoms with Crippen LogP contribution in [0.4, 0.5) is 23.8 Å². The highest BCUT2D eigenvalue weighted by Crippen LogP contribution is 2.36. The molecule has 1 aromatic heterocycles. The van der Waals surface area contributed by atoms with Crippen molar-refractivity contribution in [3.05, 3.63) is 17.8 Å². The molecule has 1 aromatic rings. The number of alkyl halides is 3. The molecule has 1 amide bonds. The van der Waals surface area contributed by atoms with Crippen molar-refractivity contribution in [1.82, 2.24) is 10.3 Å². The SMILES string of the molecule is CNC(=O)Oc1cnc(N=C=S)c(C(F)(F)F)c1. The first kappa shape index (κ1) is 14.1. The molecule has 0 fully saturated rings. The molecule has 1 rings (SSSR count). The highest BCUT2D eigenvalue weighted by Gasteiger charge is 2.35. The normalized spacial score (nSPS) is 10.4. The molecule has 0 unspecified atom stereocenters. The van der Waals surface area contributed by atoms with E-state index in [-0.39, 0.29) is 5.75 Å². The quantitative estimate of drug-likeness (QED) is 0.666. The summed E-state index contributed by atoms with van der Waals surface area (Å²) in [6.07, 6.45) is -4.67. The van der Waals surface area contributed by atoms with Crippen molar-refractivity contribution in [3.63, 3.8) is 0 Å². The van der Waals surface area contributed by atoms with E-state index in [0.717, 1.165) is 6.20 Å². The number of isothiocyanates is 1. The molecule has 0 atom stereocenters. The largest absolute Gasteiger partial charge is 0.420 e. The van der Waals surface area contributed by atoms with Gasteiger partial charge in [0.1, 0.15) is 5.56 Å². The number of aliphatic imine (C=N–C) groups is 1. The fourth-order valence-corrected chi connectivity index (χ4v) is 1.08. The Morgan fingerprint density at radius 2 is 2.28 bits per heavy atom. The Labute approximate surface area is 105 Å². The molecule has 0 radical (unpaired) electrons. The molecule has 0 bridgehead atoms. The molecule has 18 heavy (non-hydrogen) atoms. The highest BCUT2D eigenvalue weighted by molar-refractivity contribution is 7.78. The lowest BCUT2D eigenvalue weighted by molar-refractivity contribution is -0.137. The molecule has 0 spiro atoms. The molecule has 9 heteroatoms. The van der Waals surface area contributed by atoms with Gasteiger partial charge in [-0.05, 0) is 18.3 Å². The van der Waals surface area contributed by atoms with Crippen LogP contribution in [0.2, 0.25) is 0 Å². The third-order valence-corrected chi connectivity index (χ3v) is 1.80. The number of carbonyl (C=O) groups is 1. The average molecular weight is 277 g/mol. The van der Waals surface area contributed by atoms with E-state index in [9.17, 15) is 18.0 Å². The van der Waals surface area contributed by atoms with E-state index in [0.29, 0.717) is 6.07 Å². The van der Waals surface area contributed by atoms with E-state index in [4.69, 9.17) is 0 Å². The fraction of sp³-hybridized carbons (Fsp3) is 0.222. The second-order valence-corrected chi connectivity index (χ2v) is 3.07. The molecular formula is C9H6F3N3O2S. The summed E-state index contributed by atoms with van der Waals surface area (Å²) in [5.74, 6) is -0.994. The van der Waals surface area contributed by atoms with Crippen LogP contribution in [0.5, 0.6) is 5.75 Å². The second kappa shape index (κ2) is 5.56. The topological polar surface area (TPSA) is 63.6 Å². The summed E-state index contributed by atoms with van der Waals surface area (Å²) in [5, 5.41) is 3.88. The molecule has 0 aromatic carbocycles. The monoisotopic (exact) mass is 277 g/mol. The second-order valence-electron chi connectivity index (χ2n) is 2.88. The minimum absolute atomic E-state index is 0.356. The lowest BCUT2D eigenvalue weighted by Crippen LogP contribution is -2.22. The zero-order valence-electron chi connectivity index (χ0n) is 8.91. The van der Waals surface area contributed by atoms with E-state index >= 15 is 0 Å². The van der Waals surface area contributed by atoms with E-state index in [2.05, 4.69) is 32.2 Å². The van der Waals surface area contributed by atoms with Crippen molar-refractivity contribution in [2.24, 2.45) is 4.99 Å². The van der Waals surface area contributed by atoms with Gasteiger partial charge >= 0.3 is 12.3 Å². The van der Waals surface area contributed by atoms with Gasteiger partial charge in [-0.2, -0.15) is 18.2 Å². The number of nitrogens with one attached hydrogen (secondary N) is 1. The van der Waals surface area contributed by atoms with Crippen molar-refractivity contribution in [3.8, 4) is 5.75 Å².